The average molecular weight is 348 g/mol. The Morgan fingerprint density at radius 2 is 2.05 bits per heavy atom. The van der Waals surface area contributed by atoms with Gasteiger partial charge in [-0.05, 0) is 23.8 Å². The van der Waals surface area contributed by atoms with Crippen molar-refractivity contribution >= 4 is 28.2 Å². The molecule has 5 nitrogen and oxygen atoms in total. The average Bonchev–Trinajstić information content (AvgIpc) is 2.48. The maximum Gasteiger partial charge on any atom is 0.332 e. The lowest BCUT2D eigenvalue weighted by molar-refractivity contribution is 0.249. The van der Waals surface area contributed by atoms with E-state index in [1.807, 2.05) is 48.5 Å². The molecule has 0 heterocycles. The number of primary amides is 1. The molecular formula is C15H14BrN3O2. The Labute approximate surface area is 130 Å². The third-order valence-electron chi connectivity index (χ3n) is 2.59. The van der Waals surface area contributed by atoms with Gasteiger partial charge in [-0.2, -0.15) is 5.10 Å². The highest BCUT2D eigenvalue weighted by Gasteiger charge is 2.03. The van der Waals surface area contributed by atoms with Gasteiger partial charge in [-0.25, -0.2) is 10.2 Å². The number of amides is 2. The van der Waals surface area contributed by atoms with Crippen molar-refractivity contribution in [1.82, 2.24) is 5.43 Å². The van der Waals surface area contributed by atoms with E-state index in [4.69, 9.17) is 10.5 Å². The predicted molar refractivity (Wildman–Crippen MR) is 85.2 cm³/mol. The predicted octanol–water partition coefficient (Wildman–Crippen LogP) is 3.03. The second kappa shape index (κ2) is 7.44. The fraction of sp³-hybridized carbons (Fsp3) is 0.0667. The molecule has 2 aromatic rings. The Kier molecular flexibility index (Phi) is 5.34. The van der Waals surface area contributed by atoms with Crippen LogP contribution in [0.4, 0.5) is 4.79 Å². The van der Waals surface area contributed by atoms with Crippen LogP contribution in [0.3, 0.4) is 0 Å². The number of carbonyl (C=O) groups is 1. The van der Waals surface area contributed by atoms with Crippen molar-refractivity contribution < 1.29 is 9.53 Å². The van der Waals surface area contributed by atoms with Crippen LogP contribution < -0.4 is 15.9 Å². The summed E-state index contributed by atoms with van der Waals surface area (Å²) in [6, 6.07) is 14.7. The van der Waals surface area contributed by atoms with Crippen molar-refractivity contribution in [3.8, 4) is 5.75 Å². The van der Waals surface area contributed by atoms with Crippen LogP contribution in [0.2, 0.25) is 0 Å². The summed E-state index contributed by atoms with van der Waals surface area (Å²) in [5.74, 6) is 0.656. The van der Waals surface area contributed by atoms with Crippen molar-refractivity contribution in [2.24, 2.45) is 10.8 Å². The van der Waals surface area contributed by atoms with Gasteiger partial charge in [-0.3, -0.25) is 0 Å². The summed E-state index contributed by atoms with van der Waals surface area (Å²) in [5, 5.41) is 3.74. The van der Waals surface area contributed by atoms with Gasteiger partial charge < -0.3 is 10.5 Å². The number of benzene rings is 2. The number of hydrogen-bond donors (Lipinski definition) is 2. The minimum Gasteiger partial charge on any atom is -0.488 e. The smallest absolute Gasteiger partial charge is 0.332 e. The van der Waals surface area contributed by atoms with Crippen LogP contribution in [0.5, 0.6) is 5.75 Å². The summed E-state index contributed by atoms with van der Waals surface area (Å²) in [6.45, 7) is 0.446. The molecule has 2 amide bonds. The molecule has 0 fully saturated rings. The number of halogens is 1. The highest BCUT2D eigenvalue weighted by Crippen LogP contribution is 2.23. The van der Waals surface area contributed by atoms with E-state index in [9.17, 15) is 4.79 Å². The molecule has 0 saturated carbocycles. The number of nitrogens with two attached hydrogens (primary N) is 1. The Bertz CT molecular complexity index is 645. The summed E-state index contributed by atoms with van der Waals surface area (Å²) in [4.78, 5) is 10.6. The van der Waals surface area contributed by atoms with Gasteiger partial charge in [0.05, 0.1) is 6.21 Å². The number of ether oxygens (including phenoxy) is 1. The number of hydrazone groups is 1. The lowest BCUT2D eigenvalue weighted by atomic mass is 10.2. The minimum absolute atomic E-state index is 0.446. The molecule has 0 unspecified atom stereocenters. The molecule has 2 rings (SSSR count). The zero-order chi connectivity index (χ0) is 15.1. The molecule has 2 aromatic carbocycles. The SMILES string of the molecule is NC(=O)NN=Cc1ccc(Br)cc1OCc1ccccc1. The summed E-state index contributed by atoms with van der Waals surface area (Å²) in [6.07, 6.45) is 1.48. The number of carbonyl (C=O) groups excluding carboxylic acids is 1. The molecule has 6 heteroatoms. The summed E-state index contributed by atoms with van der Waals surface area (Å²) < 4.78 is 6.69. The van der Waals surface area contributed by atoms with Gasteiger partial charge in [0.2, 0.25) is 0 Å². The van der Waals surface area contributed by atoms with Crippen LogP contribution >= 0.6 is 15.9 Å². The molecule has 0 saturated heterocycles. The summed E-state index contributed by atoms with van der Waals surface area (Å²) in [7, 11) is 0. The first-order chi connectivity index (χ1) is 10.1. The van der Waals surface area contributed by atoms with E-state index in [-0.39, 0.29) is 0 Å². The third-order valence-corrected chi connectivity index (χ3v) is 3.08. The molecule has 21 heavy (non-hydrogen) atoms. The molecule has 0 aliphatic rings. The van der Waals surface area contributed by atoms with Gasteiger partial charge in [0.1, 0.15) is 12.4 Å². The lowest BCUT2D eigenvalue weighted by Crippen LogP contribution is -2.24. The van der Waals surface area contributed by atoms with Crippen LogP contribution in [0, 0.1) is 0 Å². The number of nitrogens with zero attached hydrogens (tertiary/aromatic N) is 1. The van der Waals surface area contributed by atoms with Crippen molar-refractivity contribution in [2.75, 3.05) is 0 Å². The standard InChI is InChI=1S/C15H14BrN3O2/c16-13-7-6-12(9-18-19-15(17)20)14(8-13)21-10-11-4-2-1-3-5-11/h1-9H,10H2,(H3,17,19,20). The Balaban J connectivity index is 2.11. The first-order valence-corrected chi connectivity index (χ1v) is 6.99. The van der Waals surface area contributed by atoms with Crippen LogP contribution in [0.1, 0.15) is 11.1 Å². The zero-order valence-corrected chi connectivity index (χ0v) is 12.7. The van der Waals surface area contributed by atoms with Gasteiger partial charge in [-0.1, -0.05) is 46.3 Å². The number of nitrogens with one attached hydrogen (secondary N) is 1. The molecule has 0 atom stereocenters. The highest BCUT2D eigenvalue weighted by molar-refractivity contribution is 9.10. The lowest BCUT2D eigenvalue weighted by Gasteiger charge is -2.09. The van der Waals surface area contributed by atoms with Gasteiger partial charge >= 0.3 is 6.03 Å². The zero-order valence-electron chi connectivity index (χ0n) is 11.1. The van der Waals surface area contributed by atoms with E-state index in [0.717, 1.165) is 15.6 Å². The topological polar surface area (TPSA) is 76.7 Å². The van der Waals surface area contributed by atoms with E-state index in [0.29, 0.717) is 12.4 Å². The van der Waals surface area contributed by atoms with Crippen LogP contribution in [-0.2, 0) is 6.61 Å². The molecular weight excluding hydrogens is 334 g/mol. The third kappa shape index (κ3) is 4.92. The normalized spacial score (nSPS) is 10.5. The molecule has 0 radical (unpaired) electrons. The van der Waals surface area contributed by atoms with E-state index >= 15 is 0 Å². The Morgan fingerprint density at radius 1 is 1.29 bits per heavy atom. The molecule has 0 aliphatic carbocycles. The molecule has 108 valence electrons. The molecule has 0 aliphatic heterocycles. The monoisotopic (exact) mass is 347 g/mol. The van der Waals surface area contributed by atoms with Crippen molar-refractivity contribution in [3.63, 3.8) is 0 Å². The maximum absolute atomic E-state index is 10.6. The molecule has 3 N–H and O–H groups in total. The summed E-state index contributed by atoms with van der Waals surface area (Å²) >= 11 is 3.40. The fourth-order valence-corrected chi connectivity index (χ4v) is 1.98. The molecule has 0 bridgehead atoms. The van der Waals surface area contributed by atoms with Gasteiger partial charge in [0, 0.05) is 10.0 Å². The Morgan fingerprint density at radius 3 is 2.76 bits per heavy atom. The summed E-state index contributed by atoms with van der Waals surface area (Å²) in [5.41, 5.74) is 8.91. The number of hydrogen-bond acceptors (Lipinski definition) is 3. The number of urea groups is 1. The van der Waals surface area contributed by atoms with Gasteiger partial charge in [-0.15, -0.1) is 0 Å². The van der Waals surface area contributed by atoms with Crippen molar-refractivity contribution in [2.45, 2.75) is 6.61 Å². The van der Waals surface area contributed by atoms with Crippen molar-refractivity contribution in [1.29, 1.82) is 0 Å². The molecule has 0 spiro atoms. The first kappa shape index (κ1) is 15.1. The second-order valence-electron chi connectivity index (χ2n) is 4.19. The van der Waals surface area contributed by atoms with Crippen LogP contribution in [0.15, 0.2) is 58.1 Å². The van der Waals surface area contributed by atoms with Crippen molar-refractivity contribution in [3.05, 3.63) is 64.1 Å². The van der Waals surface area contributed by atoms with Gasteiger partial charge in [0.15, 0.2) is 0 Å². The van der Waals surface area contributed by atoms with E-state index < -0.39 is 6.03 Å². The minimum atomic E-state index is -0.713. The first-order valence-electron chi connectivity index (χ1n) is 6.20. The van der Waals surface area contributed by atoms with Crippen LogP contribution in [-0.4, -0.2) is 12.2 Å². The van der Waals surface area contributed by atoms with Gasteiger partial charge in [0.25, 0.3) is 0 Å². The molecule has 0 aromatic heterocycles. The second-order valence-corrected chi connectivity index (χ2v) is 5.11. The number of rotatable bonds is 5. The maximum atomic E-state index is 10.6. The fourth-order valence-electron chi connectivity index (χ4n) is 1.64. The quantitative estimate of drug-likeness (QED) is 0.644. The van der Waals surface area contributed by atoms with E-state index in [2.05, 4.69) is 26.5 Å². The Hall–Kier alpha value is -2.34. The highest BCUT2D eigenvalue weighted by atomic mass is 79.9. The largest absolute Gasteiger partial charge is 0.488 e. The van der Waals surface area contributed by atoms with E-state index in [1.165, 1.54) is 6.21 Å². The van der Waals surface area contributed by atoms with E-state index in [1.54, 1.807) is 0 Å². The van der Waals surface area contributed by atoms with Crippen LogP contribution in [0.25, 0.3) is 0 Å².